The lowest BCUT2D eigenvalue weighted by Crippen LogP contribution is -2.12. The first-order valence-corrected chi connectivity index (χ1v) is 6.16. The van der Waals surface area contributed by atoms with Gasteiger partial charge < -0.3 is 15.2 Å². The largest absolute Gasteiger partial charge is 0.478 e. The monoisotopic (exact) mass is 251 g/mol. The molecule has 0 aliphatic carbocycles. The molecule has 0 fully saturated rings. The lowest BCUT2D eigenvalue weighted by Gasteiger charge is -2.10. The number of aryl methyl sites for hydroxylation is 1. The third kappa shape index (κ3) is 4.75. The number of rotatable bonds is 7. The van der Waals surface area contributed by atoms with Crippen molar-refractivity contribution in [2.75, 3.05) is 25.1 Å². The highest BCUT2D eigenvalue weighted by Gasteiger charge is 2.06. The minimum Gasteiger partial charge on any atom is -0.478 e. The van der Waals surface area contributed by atoms with E-state index in [1.807, 2.05) is 6.07 Å². The van der Waals surface area contributed by atoms with E-state index in [1.165, 1.54) is 0 Å². The van der Waals surface area contributed by atoms with Crippen LogP contribution in [0, 0.1) is 12.8 Å². The number of ether oxygens (including phenoxy) is 1. The van der Waals surface area contributed by atoms with Gasteiger partial charge in [-0.05, 0) is 36.6 Å². The number of carboxylic acid groups (broad SMARTS) is 1. The molecule has 18 heavy (non-hydrogen) atoms. The van der Waals surface area contributed by atoms with Crippen LogP contribution in [0.1, 0.15) is 29.8 Å². The van der Waals surface area contributed by atoms with E-state index in [4.69, 9.17) is 9.84 Å². The van der Waals surface area contributed by atoms with E-state index in [9.17, 15) is 4.79 Å². The Balaban J connectivity index is 2.39. The summed E-state index contributed by atoms with van der Waals surface area (Å²) in [4.78, 5) is 10.9. The summed E-state index contributed by atoms with van der Waals surface area (Å²) in [6.45, 7) is 8.15. The molecule has 0 unspecified atom stereocenters. The number of anilines is 1. The number of hydrogen-bond donors (Lipinski definition) is 2. The van der Waals surface area contributed by atoms with Crippen LogP contribution in [0.5, 0.6) is 0 Å². The minimum absolute atomic E-state index is 0.344. The first-order valence-electron chi connectivity index (χ1n) is 6.16. The molecule has 0 aliphatic rings. The highest BCUT2D eigenvalue weighted by molar-refractivity contribution is 5.89. The van der Waals surface area contributed by atoms with Crippen LogP contribution in [-0.2, 0) is 4.74 Å². The Hall–Kier alpha value is -1.55. The molecule has 1 aromatic carbocycles. The minimum atomic E-state index is -0.890. The highest BCUT2D eigenvalue weighted by atomic mass is 16.5. The number of carbonyl (C=O) groups is 1. The van der Waals surface area contributed by atoms with Gasteiger partial charge in [0.05, 0.1) is 12.2 Å². The van der Waals surface area contributed by atoms with Crippen LogP contribution >= 0.6 is 0 Å². The van der Waals surface area contributed by atoms with Crippen molar-refractivity contribution in [1.82, 2.24) is 0 Å². The van der Waals surface area contributed by atoms with E-state index in [-0.39, 0.29) is 0 Å². The van der Waals surface area contributed by atoms with Crippen molar-refractivity contribution in [3.05, 3.63) is 29.3 Å². The Morgan fingerprint density at radius 3 is 2.72 bits per heavy atom. The Morgan fingerprint density at radius 1 is 1.44 bits per heavy atom. The van der Waals surface area contributed by atoms with Gasteiger partial charge in [-0.25, -0.2) is 4.79 Å². The lowest BCUT2D eigenvalue weighted by molar-refractivity contribution is 0.0696. The first-order chi connectivity index (χ1) is 8.50. The van der Waals surface area contributed by atoms with Gasteiger partial charge in [0.2, 0.25) is 0 Å². The summed E-state index contributed by atoms with van der Waals surface area (Å²) in [5.74, 6) is -0.346. The molecule has 0 spiro atoms. The summed E-state index contributed by atoms with van der Waals surface area (Å²) in [6, 6.07) is 5.24. The number of benzene rings is 1. The number of hydrogen-bond acceptors (Lipinski definition) is 3. The van der Waals surface area contributed by atoms with Crippen molar-refractivity contribution >= 4 is 11.7 Å². The molecule has 0 saturated carbocycles. The molecule has 0 bridgehead atoms. The van der Waals surface area contributed by atoms with E-state index in [2.05, 4.69) is 19.2 Å². The van der Waals surface area contributed by atoms with Crippen LogP contribution in [0.4, 0.5) is 5.69 Å². The van der Waals surface area contributed by atoms with Gasteiger partial charge in [-0.2, -0.15) is 0 Å². The van der Waals surface area contributed by atoms with Crippen molar-refractivity contribution < 1.29 is 14.6 Å². The second-order valence-corrected chi connectivity index (χ2v) is 4.73. The molecular formula is C14H21NO3. The molecular weight excluding hydrogens is 230 g/mol. The van der Waals surface area contributed by atoms with Crippen LogP contribution in [-0.4, -0.2) is 30.8 Å². The second kappa shape index (κ2) is 7.01. The zero-order chi connectivity index (χ0) is 13.5. The molecule has 0 amide bonds. The van der Waals surface area contributed by atoms with Gasteiger partial charge in [-0.3, -0.25) is 0 Å². The standard InChI is InChI=1S/C14H21NO3/c1-10(2)9-18-7-6-15-12-4-5-13(14(16)17)11(3)8-12/h4-5,8,10,15H,6-7,9H2,1-3H3,(H,16,17). The van der Waals surface area contributed by atoms with Gasteiger partial charge in [-0.1, -0.05) is 13.8 Å². The summed E-state index contributed by atoms with van der Waals surface area (Å²) in [7, 11) is 0. The maximum Gasteiger partial charge on any atom is 0.335 e. The molecule has 0 saturated heterocycles. The molecule has 2 N–H and O–H groups in total. The predicted molar refractivity (Wildman–Crippen MR) is 72.3 cm³/mol. The first kappa shape index (κ1) is 14.5. The molecule has 1 rings (SSSR count). The van der Waals surface area contributed by atoms with Crippen LogP contribution in [0.2, 0.25) is 0 Å². The smallest absolute Gasteiger partial charge is 0.335 e. The normalized spacial score (nSPS) is 10.7. The van der Waals surface area contributed by atoms with Gasteiger partial charge in [0.1, 0.15) is 0 Å². The zero-order valence-corrected chi connectivity index (χ0v) is 11.2. The van der Waals surface area contributed by atoms with E-state index in [0.29, 0.717) is 18.1 Å². The van der Waals surface area contributed by atoms with Crippen LogP contribution < -0.4 is 5.32 Å². The Morgan fingerprint density at radius 2 is 2.17 bits per heavy atom. The van der Waals surface area contributed by atoms with Crippen molar-refractivity contribution in [2.24, 2.45) is 5.92 Å². The zero-order valence-electron chi connectivity index (χ0n) is 11.2. The molecule has 0 aliphatic heterocycles. The van der Waals surface area contributed by atoms with E-state index in [1.54, 1.807) is 19.1 Å². The van der Waals surface area contributed by atoms with Crippen LogP contribution in [0.25, 0.3) is 0 Å². The fraction of sp³-hybridized carbons (Fsp3) is 0.500. The van der Waals surface area contributed by atoms with Gasteiger partial charge in [0.15, 0.2) is 0 Å². The van der Waals surface area contributed by atoms with Gasteiger partial charge in [-0.15, -0.1) is 0 Å². The summed E-state index contributed by atoms with van der Waals surface area (Å²) in [5.41, 5.74) is 2.03. The fourth-order valence-electron chi connectivity index (χ4n) is 1.60. The topological polar surface area (TPSA) is 58.6 Å². The average Bonchev–Trinajstić information content (AvgIpc) is 2.27. The van der Waals surface area contributed by atoms with Crippen molar-refractivity contribution in [1.29, 1.82) is 0 Å². The number of carboxylic acids is 1. The third-order valence-electron chi connectivity index (χ3n) is 2.48. The lowest BCUT2D eigenvalue weighted by atomic mass is 10.1. The van der Waals surface area contributed by atoms with Gasteiger partial charge >= 0.3 is 5.97 Å². The molecule has 0 radical (unpaired) electrons. The Labute approximate surface area is 108 Å². The van der Waals surface area contributed by atoms with E-state index >= 15 is 0 Å². The maximum absolute atomic E-state index is 10.9. The van der Waals surface area contributed by atoms with Crippen molar-refractivity contribution in [2.45, 2.75) is 20.8 Å². The predicted octanol–water partition coefficient (Wildman–Crippen LogP) is 2.78. The molecule has 0 atom stereocenters. The van der Waals surface area contributed by atoms with Crippen LogP contribution in [0.15, 0.2) is 18.2 Å². The molecule has 0 aromatic heterocycles. The summed E-state index contributed by atoms with van der Waals surface area (Å²) >= 11 is 0. The molecule has 1 aromatic rings. The van der Waals surface area contributed by atoms with Crippen molar-refractivity contribution in [3.63, 3.8) is 0 Å². The Kier molecular flexibility index (Phi) is 5.65. The van der Waals surface area contributed by atoms with Crippen LogP contribution in [0.3, 0.4) is 0 Å². The SMILES string of the molecule is Cc1cc(NCCOCC(C)C)ccc1C(=O)O. The quantitative estimate of drug-likeness (QED) is 0.732. The highest BCUT2D eigenvalue weighted by Crippen LogP contribution is 2.14. The fourth-order valence-corrected chi connectivity index (χ4v) is 1.60. The summed E-state index contributed by atoms with van der Waals surface area (Å²) in [6.07, 6.45) is 0. The number of aromatic carboxylic acids is 1. The maximum atomic E-state index is 10.9. The summed E-state index contributed by atoms with van der Waals surface area (Å²) < 4.78 is 5.45. The third-order valence-corrected chi connectivity index (χ3v) is 2.48. The molecule has 0 heterocycles. The van der Waals surface area contributed by atoms with Gasteiger partial charge in [0, 0.05) is 18.8 Å². The average molecular weight is 251 g/mol. The summed E-state index contributed by atoms with van der Waals surface area (Å²) in [5, 5.41) is 12.1. The van der Waals surface area contributed by atoms with Gasteiger partial charge in [0.25, 0.3) is 0 Å². The Bertz CT molecular complexity index is 402. The van der Waals surface area contributed by atoms with E-state index in [0.717, 1.165) is 24.4 Å². The number of nitrogens with one attached hydrogen (secondary N) is 1. The van der Waals surface area contributed by atoms with Crippen molar-refractivity contribution in [3.8, 4) is 0 Å². The molecule has 4 heteroatoms. The second-order valence-electron chi connectivity index (χ2n) is 4.73. The van der Waals surface area contributed by atoms with E-state index < -0.39 is 5.97 Å². The molecule has 4 nitrogen and oxygen atoms in total. The molecule has 100 valence electrons.